The molecule has 0 unspecified atom stereocenters. The zero-order valence-corrected chi connectivity index (χ0v) is 31.0. The van der Waals surface area contributed by atoms with Gasteiger partial charge in [-0.2, -0.15) is 0 Å². The first-order chi connectivity index (χ1) is 27.8. The second kappa shape index (κ2) is 12.2. The van der Waals surface area contributed by atoms with Crippen molar-refractivity contribution in [1.29, 1.82) is 0 Å². The van der Waals surface area contributed by atoms with Gasteiger partial charge in [0, 0.05) is 58.9 Å². The summed E-state index contributed by atoms with van der Waals surface area (Å²) >= 11 is 1.89. The number of aromatic nitrogens is 3. The quantitative estimate of drug-likeness (QED) is 0.169. The highest BCUT2D eigenvalue weighted by molar-refractivity contribution is 7.27. The molecule has 0 fully saturated rings. The first kappa shape index (κ1) is 31.2. The first-order valence-corrected chi connectivity index (χ1v) is 19.8. The number of rotatable bonds is 4. The Hall–Kier alpha value is -7.14. The first-order valence-electron chi connectivity index (χ1n) is 19.0. The molecule has 12 rings (SSSR count). The summed E-state index contributed by atoms with van der Waals surface area (Å²) in [7, 11) is 0. The van der Waals surface area contributed by atoms with Crippen LogP contribution in [0.25, 0.3) is 114 Å². The summed E-state index contributed by atoms with van der Waals surface area (Å²) in [6.07, 6.45) is 0. The minimum atomic E-state index is 0.697. The minimum Gasteiger partial charge on any atom is -0.293 e. The average molecular weight is 730 g/mol. The maximum atomic E-state index is 5.42. The van der Waals surface area contributed by atoms with E-state index in [2.05, 4.69) is 187 Å². The zero-order valence-electron chi connectivity index (χ0n) is 30.1. The van der Waals surface area contributed by atoms with Gasteiger partial charge < -0.3 is 0 Å². The molecular weight excluding hydrogens is 699 g/mol. The highest BCUT2D eigenvalue weighted by Crippen LogP contribution is 2.49. The fourth-order valence-corrected chi connectivity index (χ4v) is 10.1. The number of nitrogens with zero attached hydrogens (tertiary/aromatic N) is 3. The lowest BCUT2D eigenvalue weighted by Gasteiger charge is -2.14. The Morgan fingerprint density at radius 1 is 0.411 bits per heavy atom. The number of hydrogen-bond donors (Lipinski definition) is 0. The Morgan fingerprint density at radius 2 is 1.05 bits per heavy atom. The van der Waals surface area contributed by atoms with Crippen LogP contribution >= 0.6 is 11.3 Å². The van der Waals surface area contributed by atoms with E-state index in [4.69, 9.17) is 9.97 Å². The summed E-state index contributed by atoms with van der Waals surface area (Å²) in [5, 5.41) is 12.5. The molecule has 12 aromatic rings. The van der Waals surface area contributed by atoms with Gasteiger partial charge >= 0.3 is 0 Å². The van der Waals surface area contributed by atoms with E-state index < -0.39 is 0 Å². The summed E-state index contributed by atoms with van der Waals surface area (Å²) in [4.78, 5) is 10.6. The summed E-state index contributed by atoms with van der Waals surface area (Å²) in [5.74, 6) is 1.54. The summed E-state index contributed by atoms with van der Waals surface area (Å²) in [5.41, 5.74) is 7.60. The lowest BCUT2D eigenvalue weighted by molar-refractivity contribution is 1.05. The van der Waals surface area contributed by atoms with Gasteiger partial charge in [-0.25, -0.2) is 9.97 Å². The molecule has 0 aliphatic carbocycles. The maximum absolute atomic E-state index is 5.42. The second-order valence-corrected chi connectivity index (χ2v) is 15.5. The Kier molecular flexibility index (Phi) is 6.80. The van der Waals surface area contributed by atoms with E-state index in [1.54, 1.807) is 0 Å². The largest absolute Gasteiger partial charge is 0.293 e. The van der Waals surface area contributed by atoms with E-state index in [9.17, 15) is 0 Å². The summed E-state index contributed by atoms with van der Waals surface area (Å²) in [6, 6.07) is 67.7. The van der Waals surface area contributed by atoms with E-state index in [0.717, 1.165) is 33.7 Å². The van der Waals surface area contributed by atoms with Gasteiger partial charge in [0.15, 0.2) is 5.82 Å². The smallest absolute Gasteiger partial charge is 0.162 e. The Morgan fingerprint density at radius 3 is 1.86 bits per heavy atom. The van der Waals surface area contributed by atoms with Gasteiger partial charge in [-0.3, -0.25) is 4.57 Å². The predicted octanol–water partition coefficient (Wildman–Crippen LogP) is 14.4. The zero-order chi connectivity index (χ0) is 36.7. The van der Waals surface area contributed by atoms with Gasteiger partial charge in [0.05, 0.1) is 16.7 Å². The number of benzene rings is 9. The van der Waals surface area contributed by atoms with Crippen LogP contribution in [-0.4, -0.2) is 14.5 Å². The molecule has 0 aliphatic rings. The molecule has 56 heavy (non-hydrogen) atoms. The normalized spacial score (nSPS) is 11.9. The lowest BCUT2D eigenvalue weighted by Crippen LogP contribution is -2.03. The van der Waals surface area contributed by atoms with Crippen molar-refractivity contribution in [3.05, 3.63) is 188 Å². The Labute approximate surface area is 326 Å². The van der Waals surface area contributed by atoms with Crippen molar-refractivity contribution in [2.45, 2.75) is 0 Å². The molecule has 0 radical (unpaired) electrons. The molecule has 0 saturated heterocycles. The fraction of sp³-hybridized carbons (Fsp3) is 0. The molecule has 0 N–H and O–H groups in total. The third-order valence-electron chi connectivity index (χ3n) is 11.4. The van der Waals surface area contributed by atoms with Crippen molar-refractivity contribution in [1.82, 2.24) is 14.5 Å². The van der Waals surface area contributed by atoms with Gasteiger partial charge in [-0.1, -0.05) is 158 Å². The molecule has 9 aromatic carbocycles. The molecule has 3 nitrogen and oxygen atoms in total. The van der Waals surface area contributed by atoms with Crippen LogP contribution in [-0.2, 0) is 0 Å². The Bertz CT molecular complexity index is 3470. The topological polar surface area (TPSA) is 30.7 Å². The van der Waals surface area contributed by atoms with E-state index >= 15 is 0 Å². The molecule has 0 bridgehead atoms. The molecule has 0 aliphatic heterocycles. The van der Waals surface area contributed by atoms with Gasteiger partial charge in [-0.05, 0) is 56.9 Å². The Balaban J connectivity index is 1.27. The van der Waals surface area contributed by atoms with Crippen LogP contribution in [0.5, 0.6) is 0 Å². The standard InChI is InChI=1S/C52H31N3S/c1-3-15-32(16-4-1)44-31-47(54-52(53-44)33-17-5-2-6-18-33)55-45-28-27-35(42-29-34-19-7-8-20-36(34)37-21-9-10-22-38(37)42)30-43(45)48-49-41-25-13-14-26-46(41)56-51(49)40-24-12-11-23-39(40)50(48)55/h1-31H. The van der Waals surface area contributed by atoms with E-state index in [-0.39, 0.29) is 0 Å². The lowest BCUT2D eigenvalue weighted by atomic mass is 9.92. The number of hydrogen-bond acceptors (Lipinski definition) is 3. The third kappa shape index (κ3) is 4.63. The SMILES string of the molecule is c1ccc(-c2cc(-n3c4ccc(-c5cc6ccccc6c6ccccc56)cc4c4c5c6ccccc6sc5c5ccccc5c43)nc(-c3ccccc3)n2)cc1. The van der Waals surface area contributed by atoms with Crippen molar-refractivity contribution in [2.24, 2.45) is 0 Å². The maximum Gasteiger partial charge on any atom is 0.162 e. The molecule has 3 aromatic heterocycles. The van der Waals surface area contributed by atoms with E-state index in [1.807, 2.05) is 17.4 Å². The van der Waals surface area contributed by atoms with Crippen molar-refractivity contribution >= 4 is 85.6 Å². The van der Waals surface area contributed by atoms with Gasteiger partial charge in [-0.15, -0.1) is 11.3 Å². The monoisotopic (exact) mass is 729 g/mol. The van der Waals surface area contributed by atoms with E-state index in [1.165, 1.54) is 74.4 Å². The highest BCUT2D eigenvalue weighted by atomic mass is 32.1. The van der Waals surface area contributed by atoms with Crippen LogP contribution in [0.15, 0.2) is 188 Å². The van der Waals surface area contributed by atoms with E-state index in [0.29, 0.717) is 5.82 Å². The van der Waals surface area contributed by atoms with Crippen molar-refractivity contribution in [3.63, 3.8) is 0 Å². The molecule has 0 saturated carbocycles. The molecule has 0 amide bonds. The molecule has 0 spiro atoms. The van der Waals surface area contributed by atoms with Crippen molar-refractivity contribution < 1.29 is 0 Å². The van der Waals surface area contributed by atoms with Crippen LogP contribution in [0.3, 0.4) is 0 Å². The summed E-state index contributed by atoms with van der Waals surface area (Å²) in [6.45, 7) is 0. The number of fused-ring (bicyclic) bond motifs is 13. The molecule has 4 heteroatoms. The molecular formula is C52H31N3S. The van der Waals surface area contributed by atoms with Crippen LogP contribution < -0.4 is 0 Å². The van der Waals surface area contributed by atoms with Crippen LogP contribution in [0, 0.1) is 0 Å². The number of thiophene rings is 1. The second-order valence-electron chi connectivity index (χ2n) is 14.5. The van der Waals surface area contributed by atoms with Crippen molar-refractivity contribution in [3.8, 4) is 39.6 Å². The predicted molar refractivity (Wildman–Crippen MR) is 238 cm³/mol. The van der Waals surface area contributed by atoms with Crippen LogP contribution in [0.1, 0.15) is 0 Å². The summed E-state index contributed by atoms with van der Waals surface area (Å²) < 4.78 is 5.01. The molecule has 260 valence electrons. The van der Waals surface area contributed by atoms with Crippen LogP contribution in [0.4, 0.5) is 0 Å². The molecule has 0 atom stereocenters. The molecule has 3 heterocycles. The van der Waals surface area contributed by atoms with Gasteiger partial charge in [0.2, 0.25) is 0 Å². The average Bonchev–Trinajstić information content (AvgIpc) is 3.83. The fourth-order valence-electron chi connectivity index (χ4n) is 8.89. The highest BCUT2D eigenvalue weighted by Gasteiger charge is 2.24. The van der Waals surface area contributed by atoms with Gasteiger partial charge in [0.25, 0.3) is 0 Å². The minimum absolute atomic E-state index is 0.697. The van der Waals surface area contributed by atoms with Crippen LogP contribution in [0.2, 0.25) is 0 Å². The van der Waals surface area contributed by atoms with Crippen molar-refractivity contribution in [2.75, 3.05) is 0 Å². The van der Waals surface area contributed by atoms with Gasteiger partial charge in [0.1, 0.15) is 5.82 Å². The third-order valence-corrected chi connectivity index (χ3v) is 12.6.